The van der Waals surface area contributed by atoms with Crippen molar-refractivity contribution < 1.29 is 5.21 Å². The monoisotopic (exact) mass is 210 g/mol. The number of hydrogen-bond acceptors (Lipinski definition) is 3. The number of rotatable bonds is 2. The first-order valence-corrected chi connectivity index (χ1v) is 4.84. The average Bonchev–Trinajstić information content (AvgIpc) is 2.45. The van der Waals surface area contributed by atoms with Crippen LogP contribution in [0.15, 0.2) is 11.4 Å². The number of oxime groups is 1. The van der Waals surface area contributed by atoms with Gasteiger partial charge in [0.25, 0.3) is 0 Å². The summed E-state index contributed by atoms with van der Waals surface area (Å²) in [5.41, 5.74) is 7.44. The van der Waals surface area contributed by atoms with E-state index in [4.69, 9.17) is 10.9 Å². The zero-order valence-electron chi connectivity index (χ0n) is 9.65. The Morgan fingerprint density at radius 2 is 2.20 bits per heavy atom. The highest BCUT2D eigenvalue weighted by molar-refractivity contribution is 5.82. The first-order valence-electron chi connectivity index (χ1n) is 4.84. The largest absolute Gasteiger partial charge is 0.409 e. The molecule has 0 spiro atoms. The van der Waals surface area contributed by atoms with Gasteiger partial charge in [0, 0.05) is 30.6 Å². The Morgan fingerprint density at radius 1 is 1.60 bits per heavy atom. The van der Waals surface area contributed by atoms with Gasteiger partial charge in [-0.15, -0.1) is 0 Å². The maximum absolute atomic E-state index is 8.53. The summed E-state index contributed by atoms with van der Waals surface area (Å²) >= 11 is 0. The van der Waals surface area contributed by atoms with Crippen LogP contribution in [0, 0.1) is 0 Å². The number of nitrogens with zero attached hydrogens (tertiary/aromatic N) is 3. The van der Waals surface area contributed by atoms with Crippen molar-refractivity contribution >= 4 is 5.84 Å². The Kier molecular flexibility index (Phi) is 3.02. The van der Waals surface area contributed by atoms with E-state index in [0.29, 0.717) is 6.42 Å². The van der Waals surface area contributed by atoms with Crippen molar-refractivity contribution in [2.24, 2.45) is 17.9 Å². The van der Waals surface area contributed by atoms with Crippen LogP contribution in [0.5, 0.6) is 0 Å². The van der Waals surface area contributed by atoms with E-state index in [0.717, 1.165) is 11.3 Å². The van der Waals surface area contributed by atoms with Crippen molar-refractivity contribution in [2.45, 2.75) is 32.6 Å². The third-order valence-corrected chi connectivity index (χ3v) is 2.11. The summed E-state index contributed by atoms with van der Waals surface area (Å²) in [4.78, 5) is 0. The van der Waals surface area contributed by atoms with Crippen LogP contribution in [0.4, 0.5) is 0 Å². The van der Waals surface area contributed by atoms with E-state index in [1.807, 2.05) is 13.2 Å². The molecule has 0 unspecified atom stereocenters. The Morgan fingerprint density at radius 3 is 2.67 bits per heavy atom. The van der Waals surface area contributed by atoms with Crippen molar-refractivity contribution in [1.29, 1.82) is 0 Å². The van der Waals surface area contributed by atoms with Crippen LogP contribution in [-0.2, 0) is 18.9 Å². The Hall–Kier alpha value is -1.52. The van der Waals surface area contributed by atoms with Gasteiger partial charge in [-0.3, -0.25) is 4.68 Å². The summed E-state index contributed by atoms with van der Waals surface area (Å²) in [5.74, 6) is 0.202. The molecule has 3 N–H and O–H groups in total. The molecule has 0 saturated heterocycles. The highest BCUT2D eigenvalue weighted by atomic mass is 16.4. The van der Waals surface area contributed by atoms with Gasteiger partial charge < -0.3 is 10.9 Å². The topological polar surface area (TPSA) is 76.4 Å². The Bertz CT molecular complexity index is 373. The van der Waals surface area contributed by atoms with Gasteiger partial charge in [-0.1, -0.05) is 25.9 Å². The molecule has 1 rings (SSSR count). The molecule has 0 atom stereocenters. The lowest BCUT2D eigenvalue weighted by atomic mass is 9.89. The lowest BCUT2D eigenvalue weighted by Gasteiger charge is -2.17. The third kappa shape index (κ3) is 2.71. The molecule has 0 bridgehead atoms. The molecular weight excluding hydrogens is 192 g/mol. The molecule has 5 heteroatoms. The van der Waals surface area contributed by atoms with E-state index in [2.05, 4.69) is 31.0 Å². The maximum Gasteiger partial charge on any atom is 0.143 e. The molecule has 0 aliphatic carbocycles. The van der Waals surface area contributed by atoms with Gasteiger partial charge in [-0.2, -0.15) is 5.10 Å². The number of nitrogens with two attached hydrogens (primary N) is 1. The van der Waals surface area contributed by atoms with Gasteiger partial charge in [0.05, 0.1) is 5.69 Å². The zero-order chi connectivity index (χ0) is 11.6. The first kappa shape index (κ1) is 11.6. The van der Waals surface area contributed by atoms with E-state index in [-0.39, 0.29) is 11.3 Å². The van der Waals surface area contributed by atoms with Gasteiger partial charge in [-0.05, 0) is 0 Å². The van der Waals surface area contributed by atoms with Crippen molar-refractivity contribution in [1.82, 2.24) is 9.78 Å². The Labute approximate surface area is 89.6 Å². The molecule has 0 amide bonds. The molecule has 0 aliphatic heterocycles. The smallest absolute Gasteiger partial charge is 0.143 e. The SMILES string of the molecule is Cn1cc(C/C(N)=N/O)c(C(C)(C)C)n1. The van der Waals surface area contributed by atoms with E-state index in [1.165, 1.54) is 0 Å². The van der Waals surface area contributed by atoms with Crippen LogP contribution in [0.3, 0.4) is 0 Å². The first-order chi connectivity index (χ1) is 6.84. The second kappa shape index (κ2) is 3.92. The maximum atomic E-state index is 8.53. The predicted molar refractivity (Wildman–Crippen MR) is 59.0 cm³/mol. The van der Waals surface area contributed by atoms with E-state index < -0.39 is 0 Å². The van der Waals surface area contributed by atoms with E-state index >= 15 is 0 Å². The molecule has 15 heavy (non-hydrogen) atoms. The summed E-state index contributed by atoms with van der Waals surface area (Å²) in [7, 11) is 1.87. The summed E-state index contributed by atoms with van der Waals surface area (Å²) in [6.45, 7) is 6.27. The fourth-order valence-corrected chi connectivity index (χ4v) is 1.53. The van der Waals surface area contributed by atoms with Gasteiger partial charge >= 0.3 is 0 Å². The summed E-state index contributed by atoms with van der Waals surface area (Å²) in [6.07, 6.45) is 2.33. The molecule has 1 heterocycles. The second-order valence-electron chi connectivity index (χ2n) is 4.69. The van der Waals surface area contributed by atoms with Gasteiger partial charge in [0.2, 0.25) is 0 Å². The fraction of sp³-hybridized carbons (Fsp3) is 0.600. The molecule has 1 aromatic heterocycles. The predicted octanol–water partition coefficient (Wildman–Crippen LogP) is 1.01. The summed E-state index contributed by atoms with van der Waals surface area (Å²) in [5, 5.41) is 15.9. The van der Waals surface area contributed by atoms with E-state index in [1.54, 1.807) is 4.68 Å². The quantitative estimate of drug-likeness (QED) is 0.331. The molecule has 1 aromatic rings. The zero-order valence-corrected chi connectivity index (χ0v) is 9.65. The van der Waals surface area contributed by atoms with Crippen LogP contribution in [0.1, 0.15) is 32.0 Å². The van der Waals surface area contributed by atoms with Crippen LogP contribution in [0.25, 0.3) is 0 Å². The molecular formula is C10H18N4O. The highest BCUT2D eigenvalue weighted by Gasteiger charge is 2.22. The molecule has 0 saturated carbocycles. The van der Waals surface area contributed by atoms with Crippen molar-refractivity contribution in [2.75, 3.05) is 0 Å². The lowest BCUT2D eigenvalue weighted by molar-refractivity contribution is 0.317. The van der Waals surface area contributed by atoms with Crippen molar-refractivity contribution in [3.05, 3.63) is 17.5 Å². The summed E-state index contributed by atoms with van der Waals surface area (Å²) < 4.78 is 1.75. The fourth-order valence-electron chi connectivity index (χ4n) is 1.53. The molecule has 0 fully saturated rings. The molecule has 5 nitrogen and oxygen atoms in total. The highest BCUT2D eigenvalue weighted by Crippen LogP contribution is 2.24. The van der Waals surface area contributed by atoms with Gasteiger partial charge in [-0.25, -0.2) is 0 Å². The van der Waals surface area contributed by atoms with Gasteiger partial charge in [0.1, 0.15) is 5.84 Å². The van der Waals surface area contributed by atoms with Crippen LogP contribution in [0.2, 0.25) is 0 Å². The lowest BCUT2D eigenvalue weighted by Crippen LogP contribution is -2.19. The molecule has 84 valence electrons. The number of hydrogen-bond donors (Lipinski definition) is 2. The number of amidine groups is 1. The third-order valence-electron chi connectivity index (χ3n) is 2.11. The van der Waals surface area contributed by atoms with Crippen molar-refractivity contribution in [3.8, 4) is 0 Å². The van der Waals surface area contributed by atoms with Crippen molar-refractivity contribution in [3.63, 3.8) is 0 Å². The van der Waals surface area contributed by atoms with E-state index in [9.17, 15) is 0 Å². The molecule has 0 aromatic carbocycles. The average molecular weight is 210 g/mol. The van der Waals surface area contributed by atoms with Gasteiger partial charge in [0.15, 0.2) is 0 Å². The summed E-state index contributed by atoms with van der Waals surface area (Å²) in [6, 6.07) is 0. The Balaban J connectivity index is 3.07. The number of aromatic nitrogens is 2. The minimum atomic E-state index is -0.0354. The molecule has 0 aliphatic rings. The van der Waals surface area contributed by atoms with Crippen LogP contribution < -0.4 is 5.73 Å². The van der Waals surface area contributed by atoms with Crippen LogP contribution in [-0.4, -0.2) is 20.8 Å². The normalized spacial score (nSPS) is 13.2. The molecule has 0 radical (unpaired) electrons. The second-order valence-corrected chi connectivity index (χ2v) is 4.69. The minimum absolute atomic E-state index is 0.0354. The minimum Gasteiger partial charge on any atom is -0.409 e. The van der Waals surface area contributed by atoms with Crippen LogP contribution >= 0.6 is 0 Å². The number of aryl methyl sites for hydroxylation is 1. The standard InChI is InChI=1S/C10H18N4O/c1-10(2,3)9-7(5-8(11)13-15)6-14(4)12-9/h6,15H,5H2,1-4H3,(H2,11,13).